The lowest BCUT2D eigenvalue weighted by molar-refractivity contribution is -0.116. The van der Waals surface area contributed by atoms with E-state index in [2.05, 4.69) is 82.7 Å². The van der Waals surface area contributed by atoms with Gasteiger partial charge in [-0.1, -0.05) is 54.6 Å². The number of thiophene rings is 1. The lowest BCUT2D eigenvalue weighted by Crippen LogP contribution is -2.26. The van der Waals surface area contributed by atoms with E-state index in [1.165, 1.54) is 15.6 Å². The Labute approximate surface area is 185 Å². The third-order valence-electron chi connectivity index (χ3n) is 6.36. The lowest BCUT2D eigenvalue weighted by Gasteiger charge is -2.29. The summed E-state index contributed by atoms with van der Waals surface area (Å²) in [6.07, 6.45) is 1.41. The van der Waals surface area contributed by atoms with Crippen molar-refractivity contribution < 1.29 is 4.79 Å². The molecule has 0 saturated carbocycles. The summed E-state index contributed by atoms with van der Waals surface area (Å²) in [4.78, 5) is 14.8. The molecule has 3 aromatic carbocycles. The summed E-state index contributed by atoms with van der Waals surface area (Å²) in [7, 11) is 0. The molecule has 0 saturated heterocycles. The molecule has 0 amide bonds. The van der Waals surface area contributed by atoms with E-state index in [9.17, 15) is 4.79 Å². The van der Waals surface area contributed by atoms with E-state index < -0.39 is 0 Å². The number of para-hydroxylation sites is 2. The molecule has 0 unspecified atom stereocenters. The first-order valence-corrected chi connectivity index (χ1v) is 11.5. The molecule has 152 valence electrons. The largest absolute Gasteiger partial charge is 0.372 e. The van der Waals surface area contributed by atoms with Crippen LogP contribution < -0.4 is 10.6 Å². The maximum Gasteiger partial charge on any atom is 0.163 e. The van der Waals surface area contributed by atoms with Gasteiger partial charge in [0.2, 0.25) is 0 Å². The van der Waals surface area contributed by atoms with Crippen molar-refractivity contribution in [2.45, 2.75) is 24.8 Å². The van der Waals surface area contributed by atoms with Crippen LogP contribution in [0, 0.1) is 0 Å². The van der Waals surface area contributed by atoms with E-state index in [0.29, 0.717) is 6.42 Å². The summed E-state index contributed by atoms with van der Waals surface area (Å²) in [5, 5.41) is 11.8. The number of nitrogens with one attached hydrogen (secondary N) is 2. The Morgan fingerprint density at radius 3 is 2.45 bits per heavy atom. The smallest absolute Gasteiger partial charge is 0.163 e. The molecule has 2 N–H and O–H groups in total. The third-order valence-corrected chi connectivity index (χ3v) is 7.40. The monoisotopic (exact) mass is 422 g/mol. The number of carbonyl (C=O) groups is 1. The van der Waals surface area contributed by atoms with Gasteiger partial charge in [-0.05, 0) is 52.4 Å². The third kappa shape index (κ3) is 3.24. The summed E-state index contributed by atoms with van der Waals surface area (Å²) in [6.45, 7) is 0. The highest BCUT2D eigenvalue weighted by Crippen LogP contribution is 2.45. The fourth-order valence-electron chi connectivity index (χ4n) is 4.85. The van der Waals surface area contributed by atoms with Crippen molar-refractivity contribution in [3.63, 3.8) is 0 Å². The molecule has 4 heteroatoms. The number of hydrogen-bond donors (Lipinski definition) is 2. The predicted molar refractivity (Wildman–Crippen MR) is 129 cm³/mol. The van der Waals surface area contributed by atoms with Crippen molar-refractivity contribution in [2.75, 3.05) is 10.6 Å². The van der Waals surface area contributed by atoms with Crippen LogP contribution in [-0.4, -0.2) is 5.78 Å². The first-order valence-electron chi connectivity index (χ1n) is 10.7. The zero-order valence-corrected chi connectivity index (χ0v) is 17.8. The van der Waals surface area contributed by atoms with Gasteiger partial charge in [0, 0.05) is 28.5 Å². The molecular weight excluding hydrogens is 400 g/mol. The highest BCUT2D eigenvalue weighted by atomic mass is 32.1. The Kier molecular flexibility index (Phi) is 4.39. The molecule has 31 heavy (non-hydrogen) atoms. The van der Waals surface area contributed by atoms with Crippen LogP contribution >= 0.6 is 11.3 Å². The molecule has 0 fully saturated rings. The molecule has 0 radical (unpaired) electrons. The molecule has 4 aromatic rings. The molecule has 0 bridgehead atoms. The molecule has 0 spiro atoms. The minimum atomic E-state index is -0.174. The number of Topliss-reactive ketones (excluding diaryl/α,β-unsaturated/α-hetero) is 1. The van der Waals surface area contributed by atoms with Crippen molar-refractivity contribution in [3.05, 3.63) is 106 Å². The van der Waals surface area contributed by atoms with Gasteiger partial charge in [-0.3, -0.25) is 4.79 Å². The van der Waals surface area contributed by atoms with Crippen molar-refractivity contribution >= 4 is 39.3 Å². The van der Waals surface area contributed by atoms with Gasteiger partial charge in [0.25, 0.3) is 0 Å². The van der Waals surface area contributed by atoms with Gasteiger partial charge in [0.1, 0.15) is 0 Å². The fourth-order valence-corrected chi connectivity index (χ4v) is 5.68. The zero-order chi connectivity index (χ0) is 20.8. The van der Waals surface area contributed by atoms with Gasteiger partial charge in [-0.2, -0.15) is 0 Å². The second-order valence-electron chi connectivity index (χ2n) is 8.29. The fraction of sp³-hybridized carbons (Fsp3) is 0.148. The minimum absolute atomic E-state index is 0.174. The second-order valence-corrected chi connectivity index (χ2v) is 9.27. The molecular formula is C27H22N2OS. The van der Waals surface area contributed by atoms with Crippen LogP contribution in [0.1, 0.15) is 35.2 Å². The van der Waals surface area contributed by atoms with Gasteiger partial charge < -0.3 is 10.6 Å². The molecule has 2 aliphatic rings. The standard InChI is InChI=1S/C27H22N2OS/c30-24-16-20(25-10-5-13-31-25)15-23-26(24)27(29-22-9-4-3-8-21(22)28-23)19-12-11-17-6-1-2-7-18(17)14-19/h1-14,20,27-29H,15-16H2/t20-,27-/m0/s1. The van der Waals surface area contributed by atoms with E-state index in [1.54, 1.807) is 11.3 Å². The number of fused-ring (bicyclic) bond motifs is 2. The van der Waals surface area contributed by atoms with Gasteiger partial charge in [-0.25, -0.2) is 0 Å². The number of ketones is 1. The quantitative estimate of drug-likeness (QED) is 0.370. The van der Waals surface area contributed by atoms with Crippen LogP contribution in [0.15, 0.2) is 95.5 Å². The molecule has 2 atom stereocenters. The number of rotatable bonds is 2. The lowest BCUT2D eigenvalue weighted by atomic mass is 9.80. The summed E-state index contributed by atoms with van der Waals surface area (Å²) in [6, 6.07) is 27.2. The van der Waals surface area contributed by atoms with E-state index in [0.717, 1.165) is 34.6 Å². The molecule has 1 aromatic heterocycles. The first-order chi connectivity index (χ1) is 15.3. The Bertz CT molecular complexity index is 1320. The number of allylic oxidation sites excluding steroid dienone is 1. The Hall–Kier alpha value is -3.37. The number of carbonyl (C=O) groups excluding carboxylic acids is 1. The molecule has 1 aliphatic heterocycles. The number of anilines is 2. The van der Waals surface area contributed by atoms with E-state index in [4.69, 9.17) is 0 Å². The Morgan fingerprint density at radius 2 is 1.61 bits per heavy atom. The van der Waals surface area contributed by atoms with Crippen LogP contribution in [0.25, 0.3) is 10.8 Å². The van der Waals surface area contributed by atoms with E-state index in [-0.39, 0.29) is 17.7 Å². The maximum atomic E-state index is 13.6. The Morgan fingerprint density at radius 1 is 0.806 bits per heavy atom. The van der Waals surface area contributed by atoms with Gasteiger partial charge in [0.05, 0.1) is 17.4 Å². The summed E-state index contributed by atoms with van der Waals surface area (Å²) in [5.41, 5.74) is 5.09. The highest BCUT2D eigenvalue weighted by Gasteiger charge is 2.36. The van der Waals surface area contributed by atoms with E-state index >= 15 is 0 Å². The van der Waals surface area contributed by atoms with Gasteiger partial charge in [-0.15, -0.1) is 11.3 Å². The molecule has 3 nitrogen and oxygen atoms in total. The van der Waals surface area contributed by atoms with Crippen LogP contribution in [0.5, 0.6) is 0 Å². The second kappa shape index (κ2) is 7.40. The topological polar surface area (TPSA) is 41.1 Å². The molecule has 1 aliphatic carbocycles. The SMILES string of the molecule is O=C1C[C@@H](c2cccs2)CC2=C1[C@H](c1ccc3ccccc3c1)Nc1ccccc1N2. The van der Waals surface area contributed by atoms with Crippen molar-refractivity contribution in [1.82, 2.24) is 0 Å². The summed E-state index contributed by atoms with van der Waals surface area (Å²) < 4.78 is 0. The Balaban J connectivity index is 1.50. The maximum absolute atomic E-state index is 13.6. The van der Waals surface area contributed by atoms with Crippen LogP contribution in [0.4, 0.5) is 11.4 Å². The minimum Gasteiger partial charge on any atom is -0.372 e. The van der Waals surface area contributed by atoms with E-state index in [1.807, 2.05) is 12.1 Å². The zero-order valence-electron chi connectivity index (χ0n) is 17.0. The first kappa shape index (κ1) is 18.4. The van der Waals surface area contributed by atoms with Crippen molar-refractivity contribution in [2.24, 2.45) is 0 Å². The normalized spacial score (nSPS) is 20.5. The van der Waals surface area contributed by atoms with Crippen molar-refractivity contribution in [1.29, 1.82) is 0 Å². The number of benzene rings is 3. The average molecular weight is 423 g/mol. The molecule has 6 rings (SSSR count). The van der Waals surface area contributed by atoms with Crippen LogP contribution in [0.3, 0.4) is 0 Å². The number of hydrogen-bond acceptors (Lipinski definition) is 4. The predicted octanol–water partition coefficient (Wildman–Crippen LogP) is 6.88. The van der Waals surface area contributed by atoms with Crippen LogP contribution in [0.2, 0.25) is 0 Å². The van der Waals surface area contributed by atoms with Gasteiger partial charge >= 0.3 is 0 Å². The van der Waals surface area contributed by atoms with Crippen molar-refractivity contribution in [3.8, 4) is 0 Å². The van der Waals surface area contributed by atoms with Gasteiger partial charge in [0.15, 0.2) is 5.78 Å². The summed E-state index contributed by atoms with van der Waals surface area (Å²) in [5.74, 6) is 0.465. The van der Waals surface area contributed by atoms with Crippen LogP contribution in [-0.2, 0) is 4.79 Å². The molecule has 2 heterocycles. The average Bonchev–Trinajstić information content (AvgIpc) is 3.28. The highest BCUT2D eigenvalue weighted by molar-refractivity contribution is 7.10. The summed E-state index contributed by atoms with van der Waals surface area (Å²) >= 11 is 1.74.